The van der Waals surface area contributed by atoms with E-state index in [1.54, 1.807) is 14.2 Å². The molecule has 0 spiro atoms. The van der Waals surface area contributed by atoms with Gasteiger partial charge in [-0.15, -0.1) is 0 Å². The molecular weight excluding hydrogens is 220 g/mol. The van der Waals surface area contributed by atoms with E-state index in [9.17, 15) is 5.11 Å². The summed E-state index contributed by atoms with van der Waals surface area (Å²) in [6.07, 6.45) is 0.780. The van der Waals surface area contributed by atoms with Crippen molar-refractivity contribution >= 4 is 0 Å². The number of hydrogen-bond donors (Lipinski definition) is 1. The number of aliphatic hydroxyl groups excluding tert-OH is 1. The molecule has 0 saturated carbocycles. The summed E-state index contributed by atoms with van der Waals surface area (Å²) in [5, 5.41) is 9.19. The molecule has 0 amide bonds. The number of hydrogen-bond acceptors (Lipinski definition) is 4. The third-order valence-corrected chi connectivity index (χ3v) is 2.53. The zero-order valence-electron chi connectivity index (χ0n) is 10.4. The number of ether oxygens (including phenoxy) is 3. The van der Waals surface area contributed by atoms with Crippen molar-refractivity contribution in [2.45, 2.75) is 6.42 Å². The zero-order chi connectivity index (χ0) is 12.5. The van der Waals surface area contributed by atoms with E-state index in [0.717, 1.165) is 6.42 Å². The maximum absolute atomic E-state index is 9.19. The van der Waals surface area contributed by atoms with Crippen LogP contribution in [0.15, 0.2) is 24.3 Å². The summed E-state index contributed by atoms with van der Waals surface area (Å²) in [6, 6.07) is 7.48. The molecule has 0 aliphatic heterocycles. The minimum absolute atomic E-state index is 0.0832. The lowest BCUT2D eigenvalue weighted by atomic mass is 10.1. The largest absolute Gasteiger partial charge is 0.493 e. The molecule has 4 heteroatoms. The van der Waals surface area contributed by atoms with Crippen LogP contribution in [0, 0.1) is 5.92 Å². The van der Waals surface area contributed by atoms with Gasteiger partial charge in [-0.05, 0) is 18.6 Å². The van der Waals surface area contributed by atoms with E-state index in [1.165, 1.54) is 0 Å². The fourth-order valence-electron chi connectivity index (χ4n) is 1.46. The Hall–Kier alpha value is -1.26. The number of rotatable bonds is 8. The fourth-order valence-corrected chi connectivity index (χ4v) is 1.46. The molecule has 1 rings (SSSR count). The second-order valence-electron chi connectivity index (χ2n) is 3.79. The van der Waals surface area contributed by atoms with Crippen LogP contribution in [-0.2, 0) is 4.74 Å². The molecule has 1 aromatic carbocycles. The molecule has 17 heavy (non-hydrogen) atoms. The maximum atomic E-state index is 9.19. The van der Waals surface area contributed by atoms with Gasteiger partial charge in [0.05, 0.1) is 13.7 Å². The van der Waals surface area contributed by atoms with Crippen molar-refractivity contribution < 1.29 is 19.3 Å². The van der Waals surface area contributed by atoms with E-state index < -0.39 is 0 Å². The van der Waals surface area contributed by atoms with Crippen LogP contribution in [0.4, 0.5) is 0 Å². The Labute approximate surface area is 102 Å². The van der Waals surface area contributed by atoms with Gasteiger partial charge in [-0.1, -0.05) is 12.1 Å². The molecule has 1 atom stereocenters. The van der Waals surface area contributed by atoms with E-state index in [4.69, 9.17) is 14.2 Å². The standard InChI is InChI=1S/C13H20O4/c1-15-8-7-11(9-14)10-17-13-6-4-3-5-12(13)16-2/h3-6,11,14H,7-10H2,1-2H3. The van der Waals surface area contributed by atoms with Gasteiger partial charge in [0.15, 0.2) is 11.5 Å². The zero-order valence-corrected chi connectivity index (χ0v) is 10.4. The first-order chi connectivity index (χ1) is 8.31. The summed E-state index contributed by atoms with van der Waals surface area (Å²) in [7, 11) is 3.26. The van der Waals surface area contributed by atoms with Gasteiger partial charge in [-0.3, -0.25) is 0 Å². The van der Waals surface area contributed by atoms with Crippen LogP contribution in [0.3, 0.4) is 0 Å². The Morgan fingerprint density at radius 2 is 1.88 bits per heavy atom. The second kappa shape index (κ2) is 7.92. The Balaban J connectivity index is 2.47. The van der Waals surface area contributed by atoms with Gasteiger partial charge in [-0.2, -0.15) is 0 Å². The first kappa shape index (κ1) is 13.8. The number of aliphatic hydroxyl groups is 1. The van der Waals surface area contributed by atoms with Crippen LogP contribution < -0.4 is 9.47 Å². The predicted octanol–water partition coefficient (Wildman–Crippen LogP) is 1.72. The Morgan fingerprint density at radius 1 is 1.18 bits per heavy atom. The fraction of sp³-hybridized carbons (Fsp3) is 0.538. The SMILES string of the molecule is COCCC(CO)COc1ccccc1OC. The minimum Gasteiger partial charge on any atom is -0.493 e. The minimum atomic E-state index is 0.0832. The molecule has 0 heterocycles. The summed E-state index contributed by atoms with van der Waals surface area (Å²) in [5.41, 5.74) is 0. The van der Waals surface area contributed by atoms with Crippen molar-refractivity contribution in [1.82, 2.24) is 0 Å². The number of para-hydroxylation sites is 2. The number of methoxy groups -OCH3 is 2. The van der Waals surface area contributed by atoms with E-state index >= 15 is 0 Å². The molecule has 4 nitrogen and oxygen atoms in total. The lowest BCUT2D eigenvalue weighted by Crippen LogP contribution is -2.18. The van der Waals surface area contributed by atoms with Gasteiger partial charge in [0.2, 0.25) is 0 Å². The summed E-state index contributed by atoms with van der Waals surface area (Å²) < 4.78 is 15.8. The van der Waals surface area contributed by atoms with Crippen LogP contribution in [0.5, 0.6) is 11.5 Å². The van der Waals surface area contributed by atoms with Crippen LogP contribution >= 0.6 is 0 Å². The predicted molar refractivity (Wildman–Crippen MR) is 65.6 cm³/mol. The molecule has 1 N–H and O–H groups in total. The van der Waals surface area contributed by atoms with Crippen molar-refractivity contribution in [3.63, 3.8) is 0 Å². The lowest BCUT2D eigenvalue weighted by molar-refractivity contribution is 0.114. The summed E-state index contributed by atoms with van der Waals surface area (Å²) in [4.78, 5) is 0. The molecule has 1 unspecified atom stereocenters. The molecule has 0 radical (unpaired) electrons. The quantitative estimate of drug-likeness (QED) is 0.751. The highest BCUT2D eigenvalue weighted by Gasteiger charge is 2.10. The van der Waals surface area contributed by atoms with Gasteiger partial charge in [0, 0.05) is 26.2 Å². The third-order valence-electron chi connectivity index (χ3n) is 2.53. The van der Waals surface area contributed by atoms with Crippen LogP contribution in [-0.4, -0.2) is 39.1 Å². The highest BCUT2D eigenvalue weighted by atomic mass is 16.5. The highest BCUT2D eigenvalue weighted by molar-refractivity contribution is 5.39. The van der Waals surface area contributed by atoms with E-state index in [-0.39, 0.29) is 12.5 Å². The van der Waals surface area contributed by atoms with Gasteiger partial charge in [0.1, 0.15) is 0 Å². The van der Waals surface area contributed by atoms with Crippen molar-refractivity contribution in [1.29, 1.82) is 0 Å². The van der Waals surface area contributed by atoms with Gasteiger partial charge in [-0.25, -0.2) is 0 Å². The highest BCUT2D eigenvalue weighted by Crippen LogP contribution is 2.26. The topological polar surface area (TPSA) is 47.9 Å². The summed E-state index contributed by atoms with van der Waals surface area (Å²) >= 11 is 0. The first-order valence-corrected chi connectivity index (χ1v) is 5.67. The molecule has 1 aromatic rings. The first-order valence-electron chi connectivity index (χ1n) is 5.67. The average Bonchev–Trinajstić information content (AvgIpc) is 2.39. The smallest absolute Gasteiger partial charge is 0.161 e. The molecule has 0 fully saturated rings. The van der Waals surface area contributed by atoms with E-state index in [1.807, 2.05) is 24.3 Å². The summed E-state index contributed by atoms with van der Waals surface area (Å²) in [5.74, 6) is 1.49. The van der Waals surface area contributed by atoms with Crippen LogP contribution in [0.1, 0.15) is 6.42 Å². The molecule has 0 aromatic heterocycles. The molecule has 96 valence electrons. The molecular formula is C13H20O4. The van der Waals surface area contributed by atoms with Gasteiger partial charge < -0.3 is 19.3 Å². The number of benzene rings is 1. The Kier molecular flexibility index (Phi) is 6.43. The van der Waals surface area contributed by atoms with Gasteiger partial charge >= 0.3 is 0 Å². The molecule has 0 aliphatic rings. The maximum Gasteiger partial charge on any atom is 0.161 e. The average molecular weight is 240 g/mol. The van der Waals surface area contributed by atoms with Crippen molar-refractivity contribution in [2.75, 3.05) is 34.0 Å². The van der Waals surface area contributed by atoms with E-state index in [2.05, 4.69) is 0 Å². The molecule has 0 saturated heterocycles. The van der Waals surface area contributed by atoms with Gasteiger partial charge in [0.25, 0.3) is 0 Å². The second-order valence-corrected chi connectivity index (χ2v) is 3.79. The van der Waals surface area contributed by atoms with Crippen LogP contribution in [0.2, 0.25) is 0 Å². The molecule has 0 bridgehead atoms. The van der Waals surface area contributed by atoms with Crippen molar-refractivity contribution in [2.24, 2.45) is 5.92 Å². The van der Waals surface area contributed by atoms with Crippen LogP contribution in [0.25, 0.3) is 0 Å². The lowest BCUT2D eigenvalue weighted by Gasteiger charge is -2.16. The van der Waals surface area contributed by atoms with E-state index in [0.29, 0.717) is 24.7 Å². The Morgan fingerprint density at radius 3 is 2.47 bits per heavy atom. The van der Waals surface area contributed by atoms with Crippen molar-refractivity contribution in [3.8, 4) is 11.5 Å². The Bertz CT molecular complexity index is 314. The third kappa shape index (κ3) is 4.63. The normalized spacial score (nSPS) is 12.2. The van der Waals surface area contributed by atoms with Crippen molar-refractivity contribution in [3.05, 3.63) is 24.3 Å². The monoisotopic (exact) mass is 240 g/mol. The molecule has 0 aliphatic carbocycles. The summed E-state index contributed by atoms with van der Waals surface area (Å²) in [6.45, 7) is 1.18.